The zero-order valence-corrected chi connectivity index (χ0v) is 8.27. The van der Waals surface area contributed by atoms with Crippen LogP contribution in [0.25, 0.3) is 0 Å². The van der Waals surface area contributed by atoms with Gasteiger partial charge in [0.25, 0.3) is 0 Å². The number of aryl methyl sites for hydroxylation is 3. The first-order valence-corrected chi connectivity index (χ1v) is 4.79. The number of hydrogen-bond donors (Lipinski definition) is 0. The number of benzene rings is 1. The molecule has 0 fully saturated rings. The SMILES string of the molecule is Cc1cccc(CCn2[c]ncc2)c1. The molecule has 2 rings (SSSR count). The van der Waals surface area contributed by atoms with Crippen molar-refractivity contribution in [2.75, 3.05) is 0 Å². The Bertz CT molecular complexity index is 390. The Labute approximate surface area is 84.2 Å². The fourth-order valence-corrected chi connectivity index (χ4v) is 1.50. The molecule has 2 aromatic rings. The van der Waals surface area contributed by atoms with Gasteiger partial charge in [0.15, 0.2) is 6.33 Å². The molecule has 0 bridgehead atoms. The quantitative estimate of drug-likeness (QED) is 0.717. The molecule has 0 aliphatic carbocycles. The Morgan fingerprint density at radius 1 is 1.43 bits per heavy atom. The largest absolute Gasteiger partial charge is 0.328 e. The van der Waals surface area contributed by atoms with E-state index >= 15 is 0 Å². The molecule has 0 atom stereocenters. The van der Waals surface area contributed by atoms with Crippen molar-refractivity contribution in [1.82, 2.24) is 9.55 Å². The zero-order chi connectivity index (χ0) is 9.80. The van der Waals surface area contributed by atoms with Crippen LogP contribution in [-0.4, -0.2) is 9.55 Å². The van der Waals surface area contributed by atoms with Crippen LogP contribution in [0.15, 0.2) is 36.7 Å². The summed E-state index contributed by atoms with van der Waals surface area (Å²) < 4.78 is 1.97. The molecule has 0 amide bonds. The monoisotopic (exact) mass is 185 g/mol. The lowest BCUT2D eigenvalue weighted by Crippen LogP contribution is -1.98. The maximum absolute atomic E-state index is 3.89. The van der Waals surface area contributed by atoms with Gasteiger partial charge >= 0.3 is 0 Å². The summed E-state index contributed by atoms with van der Waals surface area (Å²) in [5, 5.41) is 0. The predicted octanol–water partition coefficient (Wildman–Crippen LogP) is 2.23. The molecule has 0 spiro atoms. The maximum atomic E-state index is 3.89. The van der Waals surface area contributed by atoms with E-state index in [1.54, 1.807) is 6.20 Å². The Balaban J connectivity index is 1.98. The molecule has 14 heavy (non-hydrogen) atoms. The van der Waals surface area contributed by atoms with Gasteiger partial charge in [0, 0.05) is 18.9 Å². The van der Waals surface area contributed by atoms with E-state index in [0.29, 0.717) is 0 Å². The first-order valence-electron chi connectivity index (χ1n) is 4.79. The van der Waals surface area contributed by atoms with E-state index in [9.17, 15) is 0 Å². The van der Waals surface area contributed by atoms with Gasteiger partial charge in [-0.05, 0) is 18.9 Å². The van der Waals surface area contributed by atoms with Crippen molar-refractivity contribution >= 4 is 0 Å². The smallest absolute Gasteiger partial charge is 0.176 e. The van der Waals surface area contributed by atoms with Crippen LogP contribution < -0.4 is 0 Å². The molecule has 2 nitrogen and oxygen atoms in total. The molecule has 0 aliphatic rings. The fourth-order valence-electron chi connectivity index (χ4n) is 1.50. The molecule has 71 valence electrons. The third kappa shape index (κ3) is 2.22. The van der Waals surface area contributed by atoms with Crippen LogP contribution in [-0.2, 0) is 13.0 Å². The second kappa shape index (κ2) is 4.09. The Kier molecular flexibility index (Phi) is 2.63. The summed E-state index contributed by atoms with van der Waals surface area (Å²) >= 11 is 0. The summed E-state index contributed by atoms with van der Waals surface area (Å²) in [6.07, 6.45) is 7.63. The number of aromatic nitrogens is 2. The van der Waals surface area contributed by atoms with Gasteiger partial charge in [-0.1, -0.05) is 29.8 Å². The van der Waals surface area contributed by atoms with Crippen molar-refractivity contribution in [3.8, 4) is 0 Å². The Morgan fingerprint density at radius 3 is 3.07 bits per heavy atom. The molecular formula is C12H13N2. The van der Waals surface area contributed by atoms with Gasteiger partial charge in [-0.15, -0.1) is 0 Å². The van der Waals surface area contributed by atoms with Gasteiger partial charge in [-0.25, -0.2) is 4.98 Å². The summed E-state index contributed by atoms with van der Waals surface area (Å²) in [5.74, 6) is 0. The number of nitrogens with zero attached hydrogens (tertiary/aromatic N) is 2. The normalized spacial score (nSPS) is 10.4. The zero-order valence-electron chi connectivity index (χ0n) is 8.27. The topological polar surface area (TPSA) is 17.8 Å². The summed E-state index contributed by atoms with van der Waals surface area (Å²) in [5.41, 5.74) is 2.68. The van der Waals surface area contributed by atoms with Gasteiger partial charge in [-0.2, -0.15) is 0 Å². The van der Waals surface area contributed by atoms with Gasteiger partial charge in [0.2, 0.25) is 0 Å². The highest BCUT2D eigenvalue weighted by Crippen LogP contribution is 2.05. The molecule has 0 aliphatic heterocycles. The van der Waals surface area contributed by atoms with Gasteiger partial charge in [-0.3, -0.25) is 0 Å². The highest BCUT2D eigenvalue weighted by Gasteiger charge is 1.94. The van der Waals surface area contributed by atoms with Crippen LogP contribution in [0.2, 0.25) is 0 Å². The first kappa shape index (κ1) is 9.00. The lowest BCUT2D eigenvalue weighted by Gasteiger charge is -2.02. The van der Waals surface area contributed by atoms with Crippen LogP contribution in [0.1, 0.15) is 11.1 Å². The van der Waals surface area contributed by atoms with E-state index in [2.05, 4.69) is 42.5 Å². The molecule has 0 unspecified atom stereocenters. The van der Waals surface area contributed by atoms with Crippen molar-refractivity contribution < 1.29 is 0 Å². The van der Waals surface area contributed by atoms with Crippen molar-refractivity contribution in [2.24, 2.45) is 0 Å². The molecule has 0 N–H and O–H groups in total. The van der Waals surface area contributed by atoms with Crippen molar-refractivity contribution in [1.29, 1.82) is 0 Å². The summed E-state index contributed by atoms with van der Waals surface area (Å²) in [6.45, 7) is 3.07. The van der Waals surface area contributed by atoms with Crippen molar-refractivity contribution in [3.63, 3.8) is 0 Å². The molecule has 1 aromatic heterocycles. The van der Waals surface area contributed by atoms with E-state index in [-0.39, 0.29) is 0 Å². The molecule has 0 saturated heterocycles. The van der Waals surface area contributed by atoms with E-state index in [1.165, 1.54) is 11.1 Å². The fraction of sp³-hybridized carbons (Fsp3) is 0.250. The number of rotatable bonds is 3. The van der Waals surface area contributed by atoms with Crippen molar-refractivity contribution in [2.45, 2.75) is 19.9 Å². The highest BCUT2D eigenvalue weighted by molar-refractivity contribution is 5.22. The first-order chi connectivity index (χ1) is 6.84. The number of imidazole rings is 1. The van der Waals surface area contributed by atoms with E-state index in [1.807, 2.05) is 10.8 Å². The van der Waals surface area contributed by atoms with Crippen LogP contribution >= 0.6 is 0 Å². The van der Waals surface area contributed by atoms with Gasteiger partial charge in [0.1, 0.15) is 0 Å². The second-order valence-electron chi connectivity index (χ2n) is 3.46. The average molecular weight is 185 g/mol. The average Bonchev–Trinajstić information content (AvgIpc) is 2.67. The van der Waals surface area contributed by atoms with Crippen LogP contribution in [0.4, 0.5) is 0 Å². The minimum Gasteiger partial charge on any atom is -0.328 e. The molecule has 2 heteroatoms. The molecule has 1 aromatic carbocycles. The minimum atomic E-state index is 0.948. The Morgan fingerprint density at radius 2 is 2.36 bits per heavy atom. The van der Waals surface area contributed by atoms with E-state index in [4.69, 9.17) is 0 Å². The standard InChI is InChI=1S/C12H13N2/c1-11-3-2-4-12(9-11)5-7-14-8-6-13-10-14/h2-4,6,8-9H,5,7H2,1H3. The summed E-state index contributed by atoms with van der Waals surface area (Å²) in [6, 6.07) is 8.59. The molecule has 0 saturated carbocycles. The van der Waals surface area contributed by atoms with Gasteiger partial charge < -0.3 is 4.57 Å². The summed E-state index contributed by atoms with van der Waals surface area (Å²) in [4.78, 5) is 3.89. The summed E-state index contributed by atoms with van der Waals surface area (Å²) in [7, 11) is 0. The van der Waals surface area contributed by atoms with E-state index < -0.39 is 0 Å². The van der Waals surface area contributed by atoms with Gasteiger partial charge in [0.05, 0.1) is 0 Å². The minimum absolute atomic E-state index is 0.948. The molecule has 1 heterocycles. The van der Waals surface area contributed by atoms with Crippen molar-refractivity contribution in [3.05, 3.63) is 54.1 Å². The van der Waals surface area contributed by atoms with Crippen LogP contribution in [0.3, 0.4) is 0 Å². The molecular weight excluding hydrogens is 172 g/mol. The third-order valence-electron chi connectivity index (χ3n) is 2.23. The Hall–Kier alpha value is -1.57. The van der Waals surface area contributed by atoms with Crippen LogP contribution in [0.5, 0.6) is 0 Å². The van der Waals surface area contributed by atoms with Crippen LogP contribution in [0, 0.1) is 13.3 Å². The predicted molar refractivity (Wildman–Crippen MR) is 55.9 cm³/mol. The third-order valence-corrected chi connectivity index (χ3v) is 2.23. The lowest BCUT2D eigenvalue weighted by atomic mass is 10.1. The lowest BCUT2D eigenvalue weighted by molar-refractivity contribution is 0.690. The second-order valence-corrected chi connectivity index (χ2v) is 3.46. The highest BCUT2D eigenvalue weighted by atomic mass is 15.0. The number of hydrogen-bond acceptors (Lipinski definition) is 1. The molecule has 1 radical (unpaired) electrons. The van der Waals surface area contributed by atoms with E-state index in [0.717, 1.165) is 13.0 Å². The maximum Gasteiger partial charge on any atom is 0.176 e.